The van der Waals surface area contributed by atoms with Crippen LogP contribution in [-0.2, 0) is 11.2 Å². The van der Waals surface area contributed by atoms with Crippen molar-refractivity contribution in [2.24, 2.45) is 0 Å². The SMILES string of the molecule is Cc1[nH]cc(CCCCCCCC(=O)O)[n+]1-c1ccccc1. The van der Waals surface area contributed by atoms with E-state index in [9.17, 15) is 4.79 Å². The maximum absolute atomic E-state index is 10.4. The van der Waals surface area contributed by atoms with Crippen molar-refractivity contribution in [2.75, 3.05) is 0 Å². The Balaban J connectivity index is 1.81. The van der Waals surface area contributed by atoms with Crippen molar-refractivity contribution in [3.05, 3.63) is 48.0 Å². The Morgan fingerprint density at radius 1 is 1.09 bits per heavy atom. The molecule has 0 saturated heterocycles. The number of aliphatic carboxylic acids is 1. The summed E-state index contributed by atoms with van der Waals surface area (Å²) in [5, 5.41) is 8.60. The van der Waals surface area contributed by atoms with E-state index in [1.807, 2.05) is 6.07 Å². The van der Waals surface area contributed by atoms with Crippen LogP contribution in [0, 0.1) is 6.92 Å². The molecule has 0 fully saturated rings. The van der Waals surface area contributed by atoms with E-state index in [0.29, 0.717) is 6.42 Å². The molecule has 1 aromatic carbocycles. The number of aromatic amines is 1. The van der Waals surface area contributed by atoms with Crippen molar-refractivity contribution in [1.29, 1.82) is 0 Å². The van der Waals surface area contributed by atoms with Crippen molar-refractivity contribution in [1.82, 2.24) is 4.98 Å². The third-order valence-electron chi connectivity index (χ3n) is 3.91. The third kappa shape index (κ3) is 4.72. The number of aromatic nitrogens is 2. The summed E-state index contributed by atoms with van der Waals surface area (Å²) in [6.45, 7) is 2.09. The van der Waals surface area contributed by atoms with E-state index < -0.39 is 5.97 Å². The number of hydrogen-bond acceptors (Lipinski definition) is 1. The number of benzene rings is 1. The normalized spacial score (nSPS) is 10.8. The summed E-state index contributed by atoms with van der Waals surface area (Å²) in [5.74, 6) is 0.453. The average molecular weight is 301 g/mol. The van der Waals surface area contributed by atoms with Crippen LogP contribution in [0.25, 0.3) is 5.69 Å². The molecule has 0 aliphatic rings. The van der Waals surface area contributed by atoms with Gasteiger partial charge in [-0.05, 0) is 25.0 Å². The van der Waals surface area contributed by atoms with Crippen LogP contribution in [0.4, 0.5) is 0 Å². The summed E-state index contributed by atoms with van der Waals surface area (Å²) in [4.78, 5) is 13.7. The maximum Gasteiger partial charge on any atom is 0.303 e. The largest absolute Gasteiger partial charge is 0.481 e. The first kappa shape index (κ1) is 16.3. The van der Waals surface area contributed by atoms with E-state index in [0.717, 1.165) is 44.3 Å². The van der Waals surface area contributed by atoms with Gasteiger partial charge in [0.15, 0.2) is 0 Å². The zero-order chi connectivity index (χ0) is 15.8. The number of rotatable bonds is 9. The molecule has 0 amide bonds. The lowest BCUT2D eigenvalue weighted by atomic mass is 10.1. The third-order valence-corrected chi connectivity index (χ3v) is 3.91. The van der Waals surface area contributed by atoms with Crippen LogP contribution in [0.2, 0.25) is 0 Å². The maximum atomic E-state index is 10.4. The van der Waals surface area contributed by atoms with Crippen molar-refractivity contribution in [3.63, 3.8) is 0 Å². The summed E-state index contributed by atoms with van der Waals surface area (Å²) in [6, 6.07) is 10.4. The number of hydrogen-bond donors (Lipinski definition) is 2. The highest BCUT2D eigenvalue weighted by Crippen LogP contribution is 2.10. The molecule has 4 heteroatoms. The Labute approximate surface area is 131 Å². The van der Waals surface area contributed by atoms with Gasteiger partial charge < -0.3 is 5.11 Å². The van der Waals surface area contributed by atoms with Gasteiger partial charge >= 0.3 is 5.97 Å². The zero-order valence-corrected chi connectivity index (χ0v) is 13.2. The Hall–Kier alpha value is -2.10. The number of carboxylic acids is 1. The van der Waals surface area contributed by atoms with Gasteiger partial charge in [-0.15, -0.1) is 0 Å². The zero-order valence-electron chi connectivity index (χ0n) is 13.2. The van der Waals surface area contributed by atoms with E-state index in [-0.39, 0.29) is 0 Å². The first-order valence-electron chi connectivity index (χ1n) is 8.04. The van der Waals surface area contributed by atoms with Crippen LogP contribution < -0.4 is 4.57 Å². The number of nitrogens with zero attached hydrogens (tertiary/aromatic N) is 1. The second-order valence-electron chi connectivity index (χ2n) is 5.70. The minimum atomic E-state index is -0.688. The number of para-hydroxylation sites is 1. The van der Waals surface area contributed by atoms with Gasteiger partial charge in [0.05, 0.1) is 0 Å². The Kier molecular flexibility index (Phi) is 6.19. The minimum absolute atomic E-state index is 0.297. The van der Waals surface area contributed by atoms with Crippen molar-refractivity contribution >= 4 is 5.97 Å². The number of carbonyl (C=O) groups is 1. The van der Waals surface area contributed by atoms with E-state index in [1.165, 1.54) is 11.4 Å². The second kappa shape index (κ2) is 8.37. The van der Waals surface area contributed by atoms with Crippen LogP contribution in [0.1, 0.15) is 50.0 Å². The Morgan fingerprint density at radius 2 is 1.77 bits per heavy atom. The van der Waals surface area contributed by atoms with Crippen LogP contribution in [0.5, 0.6) is 0 Å². The van der Waals surface area contributed by atoms with Gasteiger partial charge in [-0.3, -0.25) is 4.79 Å². The van der Waals surface area contributed by atoms with Gasteiger partial charge in [0.25, 0.3) is 5.82 Å². The predicted molar refractivity (Wildman–Crippen MR) is 86.1 cm³/mol. The summed E-state index contributed by atoms with van der Waals surface area (Å²) in [6.07, 6.45) is 8.63. The van der Waals surface area contributed by atoms with Crippen molar-refractivity contribution in [3.8, 4) is 5.69 Å². The minimum Gasteiger partial charge on any atom is -0.481 e. The fraction of sp³-hybridized carbons (Fsp3) is 0.444. The van der Waals surface area contributed by atoms with Gasteiger partial charge in [-0.2, -0.15) is 4.57 Å². The molecular formula is C18H25N2O2+. The van der Waals surface area contributed by atoms with Crippen LogP contribution in [0.3, 0.4) is 0 Å². The molecule has 118 valence electrons. The molecule has 0 aliphatic carbocycles. The first-order chi connectivity index (χ1) is 10.7. The number of aryl methyl sites for hydroxylation is 2. The highest BCUT2D eigenvalue weighted by molar-refractivity contribution is 5.66. The summed E-state index contributed by atoms with van der Waals surface area (Å²) in [7, 11) is 0. The standard InChI is InChI=1S/C18H24N2O2/c1-15-19-14-17(20(15)16-10-7-5-8-11-16)12-6-3-2-4-9-13-18(21)22/h5,7-8,10-11,14H,2-4,6,9,12-13H2,1H3,(H,21,22)/p+1. The highest BCUT2D eigenvalue weighted by atomic mass is 16.4. The van der Waals surface area contributed by atoms with Gasteiger partial charge in [0, 0.05) is 19.8 Å². The van der Waals surface area contributed by atoms with Gasteiger partial charge in [-0.1, -0.05) is 37.5 Å². The Bertz CT molecular complexity index is 590. The van der Waals surface area contributed by atoms with E-state index >= 15 is 0 Å². The van der Waals surface area contributed by atoms with E-state index in [1.54, 1.807) is 0 Å². The van der Waals surface area contributed by atoms with Crippen molar-refractivity contribution < 1.29 is 14.5 Å². The first-order valence-corrected chi connectivity index (χ1v) is 8.04. The van der Waals surface area contributed by atoms with Crippen LogP contribution in [0.15, 0.2) is 36.5 Å². The topological polar surface area (TPSA) is 57.0 Å². The second-order valence-corrected chi connectivity index (χ2v) is 5.70. The van der Waals surface area contributed by atoms with Crippen molar-refractivity contribution in [2.45, 2.75) is 51.9 Å². The molecule has 2 rings (SSSR count). The Morgan fingerprint density at radius 3 is 2.50 bits per heavy atom. The van der Waals surface area contributed by atoms with Gasteiger partial charge in [-0.25, -0.2) is 4.98 Å². The van der Waals surface area contributed by atoms with Crippen LogP contribution >= 0.6 is 0 Å². The molecule has 0 radical (unpaired) electrons. The molecule has 2 aromatic rings. The monoisotopic (exact) mass is 301 g/mol. The van der Waals surface area contributed by atoms with Crippen LogP contribution in [-0.4, -0.2) is 16.1 Å². The van der Waals surface area contributed by atoms with Gasteiger partial charge in [0.1, 0.15) is 17.6 Å². The molecule has 4 nitrogen and oxygen atoms in total. The number of unbranched alkanes of at least 4 members (excludes halogenated alkanes) is 4. The quantitative estimate of drug-likeness (QED) is 0.549. The smallest absolute Gasteiger partial charge is 0.303 e. The molecule has 0 unspecified atom stereocenters. The molecule has 0 atom stereocenters. The number of nitrogens with one attached hydrogen (secondary N) is 1. The molecule has 22 heavy (non-hydrogen) atoms. The number of imidazole rings is 1. The van der Waals surface area contributed by atoms with E-state index in [4.69, 9.17) is 5.11 Å². The molecule has 0 spiro atoms. The highest BCUT2D eigenvalue weighted by Gasteiger charge is 2.15. The summed E-state index contributed by atoms with van der Waals surface area (Å²) >= 11 is 0. The average Bonchev–Trinajstić information content (AvgIpc) is 2.88. The predicted octanol–water partition coefficient (Wildman–Crippen LogP) is 3.57. The fourth-order valence-corrected chi connectivity index (χ4v) is 2.77. The lowest BCUT2D eigenvalue weighted by Crippen LogP contribution is -2.36. The van der Waals surface area contributed by atoms with Gasteiger partial charge in [0.2, 0.25) is 0 Å². The molecule has 0 saturated carbocycles. The molecule has 0 bridgehead atoms. The lowest BCUT2D eigenvalue weighted by molar-refractivity contribution is -0.609. The molecular weight excluding hydrogens is 276 g/mol. The molecule has 1 heterocycles. The lowest BCUT2D eigenvalue weighted by Gasteiger charge is -2.03. The summed E-state index contributed by atoms with van der Waals surface area (Å²) < 4.78 is 2.27. The number of H-pyrrole nitrogens is 1. The van der Waals surface area contributed by atoms with E-state index in [2.05, 4.69) is 46.9 Å². The molecule has 0 aliphatic heterocycles. The molecule has 1 aromatic heterocycles. The number of carboxylic acid groups (broad SMARTS) is 1. The summed E-state index contributed by atoms with van der Waals surface area (Å²) in [5.41, 5.74) is 2.49. The molecule has 2 N–H and O–H groups in total. The fourth-order valence-electron chi connectivity index (χ4n) is 2.77.